The van der Waals surface area contributed by atoms with Crippen LogP contribution in [0.5, 0.6) is 0 Å². The Bertz CT molecular complexity index is 475. The summed E-state index contributed by atoms with van der Waals surface area (Å²) < 4.78 is 1.92. The highest BCUT2D eigenvalue weighted by Gasteiger charge is 2.31. The monoisotopic (exact) mass is 313 g/mol. The maximum Gasteiger partial charge on any atom is 0.323 e. The third-order valence-electron chi connectivity index (χ3n) is 4.19. The Labute approximate surface area is 128 Å². The second kappa shape index (κ2) is 7.22. The highest BCUT2D eigenvalue weighted by Crippen LogP contribution is 2.31. The number of aliphatic carboxylic acids is 1. The molecule has 0 saturated heterocycles. The van der Waals surface area contributed by atoms with Gasteiger partial charge in [0.25, 0.3) is 0 Å². The van der Waals surface area contributed by atoms with Crippen LogP contribution in [0.15, 0.2) is 5.16 Å². The Morgan fingerprint density at radius 1 is 1.52 bits per heavy atom. The first-order valence-corrected chi connectivity index (χ1v) is 8.48. The number of carboxylic acid groups (broad SMARTS) is 1. The van der Waals surface area contributed by atoms with Crippen LogP contribution in [0.3, 0.4) is 0 Å². The summed E-state index contributed by atoms with van der Waals surface area (Å²) >= 11 is 1.58. The summed E-state index contributed by atoms with van der Waals surface area (Å²) in [5.41, 5.74) is 4.76. The van der Waals surface area contributed by atoms with Gasteiger partial charge in [0.2, 0.25) is 5.16 Å². The van der Waals surface area contributed by atoms with Crippen molar-refractivity contribution in [3.8, 4) is 0 Å². The van der Waals surface area contributed by atoms with Crippen molar-refractivity contribution in [3.63, 3.8) is 0 Å². The minimum atomic E-state index is -1.11. The van der Waals surface area contributed by atoms with E-state index in [0.717, 1.165) is 30.2 Å². The molecule has 3 N–H and O–H groups in total. The van der Waals surface area contributed by atoms with Gasteiger partial charge in [-0.1, -0.05) is 31.5 Å². The van der Waals surface area contributed by atoms with Gasteiger partial charge >= 0.3 is 5.97 Å². The number of carbonyl (C=O) groups is 1. The molecule has 1 aliphatic carbocycles. The molecule has 118 valence electrons. The van der Waals surface area contributed by atoms with Crippen LogP contribution >= 0.6 is 11.8 Å². The topological polar surface area (TPSA) is 107 Å². The lowest BCUT2D eigenvalue weighted by Gasteiger charge is -2.22. The Hall–Kier alpha value is -1.15. The van der Waals surface area contributed by atoms with Gasteiger partial charge in [-0.15, -0.1) is 5.10 Å². The molecule has 1 saturated carbocycles. The normalized spacial score (nSPS) is 18.8. The van der Waals surface area contributed by atoms with Crippen molar-refractivity contribution in [1.82, 2.24) is 20.2 Å². The maximum atomic E-state index is 11.1. The van der Waals surface area contributed by atoms with Crippen LogP contribution in [0.2, 0.25) is 0 Å². The first-order chi connectivity index (χ1) is 10.1. The van der Waals surface area contributed by atoms with Gasteiger partial charge in [-0.25, -0.2) is 4.68 Å². The van der Waals surface area contributed by atoms with Crippen LogP contribution in [-0.4, -0.2) is 42.6 Å². The summed E-state index contributed by atoms with van der Waals surface area (Å²) in [5.74, 6) is -0.148. The molecule has 1 atom stereocenters. The highest BCUT2D eigenvalue weighted by molar-refractivity contribution is 7.99. The fraction of sp³-hybridized carbons (Fsp3) is 0.846. The molecule has 1 unspecified atom stereocenters. The van der Waals surface area contributed by atoms with E-state index in [4.69, 9.17) is 10.8 Å². The van der Waals surface area contributed by atoms with Crippen LogP contribution in [0.25, 0.3) is 0 Å². The lowest BCUT2D eigenvalue weighted by molar-refractivity contribution is -0.143. The summed E-state index contributed by atoms with van der Waals surface area (Å²) in [7, 11) is 0. The van der Waals surface area contributed by atoms with Gasteiger partial charge in [-0.3, -0.25) is 4.79 Å². The fourth-order valence-corrected chi connectivity index (χ4v) is 3.53. The third-order valence-corrected chi connectivity index (χ3v) is 5.21. The van der Waals surface area contributed by atoms with E-state index in [0.29, 0.717) is 18.9 Å². The third kappa shape index (κ3) is 3.94. The van der Waals surface area contributed by atoms with Gasteiger partial charge in [0.1, 0.15) is 5.54 Å². The Kier molecular flexibility index (Phi) is 5.58. The molecule has 21 heavy (non-hydrogen) atoms. The zero-order chi connectivity index (χ0) is 15.3. The molecule has 7 nitrogen and oxygen atoms in total. The van der Waals surface area contributed by atoms with Gasteiger partial charge in [-0.05, 0) is 42.5 Å². The number of hydrogen-bond donors (Lipinski definition) is 2. The van der Waals surface area contributed by atoms with E-state index in [2.05, 4.69) is 15.5 Å². The molecule has 1 fully saturated rings. The molecule has 0 spiro atoms. The summed E-state index contributed by atoms with van der Waals surface area (Å²) in [6.45, 7) is 1.81. The van der Waals surface area contributed by atoms with E-state index in [-0.39, 0.29) is 0 Å². The number of tetrazole rings is 1. The molecular weight excluding hydrogens is 290 g/mol. The van der Waals surface area contributed by atoms with Crippen molar-refractivity contribution >= 4 is 17.7 Å². The summed E-state index contributed by atoms with van der Waals surface area (Å²) in [6, 6.07) is 0.422. The lowest BCUT2D eigenvalue weighted by atomic mass is 9.92. The van der Waals surface area contributed by atoms with Crippen LogP contribution in [0.4, 0.5) is 0 Å². The van der Waals surface area contributed by atoms with E-state index in [1.165, 1.54) is 12.8 Å². The van der Waals surface area contributed by atoms with Crippen molar-refractivity contribution in [2.45, 2.75) is 68.6 Å². The molecule has 0 amide bonds. The van der Waals surface area contributed by atoms with Crippen molar-refractivity contribution in [3.05, 3.63) is 0 Å². The van der Waals surface area contributed by atoms with E-state index < -0.39 is 11.5 Å². The first kappa shape index (κ1) is 16.2. The average molecular weight is 313 g/mol. The van der Waals surface area contributed by atoms with Gasteiger partial charge in [0.15, 0.2) is 0 Å². The smallest absolute Gasteiger partial charge is 0.323 e. The molecule has 0 radical (unpaired) electrons. The average Bonchev–Trinajstić information content (AvgIpc) is 3.13. The number of nitrogens with zero attached hydrogens (tertiary/aromatic N) is 4. The molecule has 1 heterocycles. The number of carboxylic acids is 1. The molecule has 1 aliphatic rings. The quantitative estimate of drug-likeness (QED) is 0.557. The molecule has 0 aromatic carbocycles. The number of hydrogen-bond acceptors (Lipinski definition) is 6. The van der Waals surface area contributed by atoms with E-state index in [9.17, 15) is 4.79 Å². The molecule has 1 aromatic heterocycles. The molecule has 0 bridgehead atoms. The lowest BCUT2D eigenvalue weighted by Crippen LogP contribution is -2.47. The molecule has 8 heteroatoms. The summed E-state index contributed by atoms with van der Waals surface area (Å²) in [6.07, 6.45) is 6.39. The SMILES string of the molecule is CCC(N)(CCCSc1nnnn1C1CCCC1)C(=O)O. The molecule has 0 aliphatic heterocycles. The predicted octanol–water partition coefficient (Wildman–Crippen LogP) is 1.85. The fourth-order valence-electron chi connectivity index (χ4n) is 2.64. The number of nitrogens with two attached hydrogens (primary N) is 1. The van der Waals surface area contributed by atoms with Gasteiger partial charge in [0.05, 0.1) is 6.04 Å². The zero-order valence-corrected chi connectivity index (χ0v) is 13.2. The van der Waals surface area contributed by atoms with Crippen molar-refractivity contribution in [2.24, 2.45) is 5.73 Å². The summed E-state index contributed by atoms with van der Waals surface area (Å²) in [5, 5.41) is 21.9. The van der Waals surface area contributed by atoms with Crippen LogP contribution in [-0.2, 0) is 4.79 Å². The van der Waals surface area contributed by atoms with Crippen LogP contribution in [0, 0.1) is 0 Å². The maximum absolute atomic E-state index is 11.1. The molecule has 2 rings (SSSR count). The minimum Gasteiger partial charge on any atom is -0.480 e. The Morgan fingerprint density at radius 3 is 2.86 bits per heavy atom. The Morgan fingerprint density at radius 2 is 2.24 bits per heavy atom. The second-order valence-corrected chi connectivity index (χ2v) is 6.67. The predicted molar refractivity (Wildman–Crippen MR) is 80.1 cm³/mol. The zero-order valence-electron chi connectivity index (χ0n) is 12.4. The van der Waals surface area contributed by atoms with Crippen molar-refractivity contribution < 1.29 is 9.90 Å². The van der Waals surface area contributed by atoms with Gasteiger partial charge in [-0.2, -0.15) is 0 Å². The highest BCUT2D eigenvalue weighted by atomic mass is 32.2. The summed E-state index contributed by atoms with van der Waals surface area (Å²) in [4.78, 5) is 11.1. The largest absolute Gasteiger partial charge is 0.480 e. The number of aromatic nitrogens is 4. The second-order valence-electron chi connectivity index (χ2n) is 5.61. The molecular formula is C13H23N5O2S. The van der Waals surface area contributed by atoms with Gasteiger partial charge < -0.3 is 10.8 Å². The number of rotatable bonds is 8. The standard InChI is InChI=1S/C13H23N5O2S/c1-2-13(14,11(19)20)8-5-9-21-12-15-16-17-18(12)10-6-3-4-7-10/h10H,2-9,14H2,1H3,(H,19,20). The van der Waals surface area contributed by atoms with E-state index in [1.807, 2.05) is 11.6 Å². The minimum absolute atomic E-state index is 0.422. The van der Waals surface area contributed by atoms with Crippen LogP contribution in [0.1, 0.15) is 57.9 Å². The first-order valence-electron chi connectivity index (χ1n) is 7.50. The van der Waals surface area contributed by atoms with E-state index in [1.54, 1.807) is 11.8 Å². The number of thioether (sulfide) groups is 1. The Balaban J connectivity index is 1.81. The van der Waals surface area contributed by atoms with Gasteiger partial charge in [0, 0.05) is 5.75 Å². The van der Waals surface area contributed by atoms with Crippen LogP contribution < -0.4 is 5.73 Å². The van der Waals surface area contributed by atoms with Crippen molar-refractivity contribution in [2.75, 3.05) is 5.75 Å². The van der Waals surface area contributed by atoms with Crippen molar-refractivity contribution in [1.29, 1.82) is 0 Å². The molecule has 1 aromatic rings. The van der Waals surface area contributed by atoms with E-state index >= 15 is 0 Å².